The van der Waals surface area contributed by atoms with E-state index in [9.17, 15) is 4.79 Å². The predicted molar refractivity (Wildman–Crippen MR) is 72.3 cm³/mol. The normalized spacial score (nSPS) is 12.2. The van der Waals surface area contributed by atoms with Crippen molar-refractivity contribution in [3.63, 3.8) is 0 Å². The predicted octanol–water partition coefficient (Wildman–Crippen LogP) is 2.99. The number of carboxylic acids is 1. The second-order valence-corrected chi connectivity index (χ2v) is 5.25. The minimum absolute atomic E-state index is 0.141. The summed E-state index contributed by atoms with van der Waals surface area (Å²) >= 11 is 7.54. The fraction of sp³-hybridized carbons (Fsp3) is 0.455. The Morgan fingerprint density at radius 1 is 1.65 bits per heavy atom. The van der Waals surface area contributed by atoms with Crippen LogP contribution in [0.5, 0.6) is 0 Å². The van der Waals surface area contributed by atoms with Crippen molar-refractivity contribution < 1.29 is 9.90 Å². The highest BCUT2D eigenvalue weighted by Gasteiger charge is 2.13. The highest BCUT2D eigenvalue weighted by molar-refractivity contribution is 7.99. The Balaban J connectivity index is 2.81. The van der Waals surface area contributed by atoms with Crippen LogP contribution in [0.2, 0.25) is 5.15 Å². The number of hydrogen-bond acceptors (Lipinski definition) is 4. The highest BCUT2D eigenvalue weighted by Crippen LogP contribution is 2.18. The third kappa shape index (κ3) is 4.44. The summed E-state index contributed by atoms with van der Waals surface area (Å²) in [5.74, 6) is 1.24. The molecule has 1 heterocycles. The van der Waals surface area contributed by atoms with Crippen LogP contribution in [0.4, 0.5) is 5.82 Å². The van der Waals surface area contributed by atoms with Crippen LogP contribution in [-0.4, -0.2) is 33.6 Å². The van der Waals surface area contributed by atoms with Crippen LogP contribution in [0.3, 0.4) is 0 Å². The molecule has 17 heavy (non-hydrogen) atoms. The zero-order chi connectivity index (χ0) is 12.8. The zero-order valence-corrected chi connectivity index (χ0v) is 11.3. The molecule has 6 heteroatoms. The summed E-state index contributed by atoms with van der Waals surface area (Å²) in [7, 11) is 0. The van der Waals surface area contributed by atoms with Crippen LogP contribution in [0.1, 0.15) is 24.2 Å². The maximum absolute atomic E-state index is 11.0. The Labute approximate surface area is 110 Å². The van der Waals surface area contributed by atoms with Gasteiger partial charge < -0.3 is 10.4 Å². The molecule has 0 aliphatic rings. The first-order valence-corrected chi connectivity index (χ1v) is 6.82. The van der Waals surface area contributed by atoms with E-state index in [1.165, 1.54) is 12.1 Å². The molecule has 1 atom stereocenters. The van der Waals surface area contributed by atoms with E-state index in [2.05, 4.69) is 17.2 Å². The lowest BCUT2D eigenvalue weighted by molar-refractivity contribution is 0.0697. The molecule has 0 fully saturated rings. The van der Waals surface area contributed by atoms with Gasteiger partial charge >= 0.3 is 5.97 Å². The molecule has 4 nitrogen and oxygen atoms in total. The molecule has 1 aromatic rings. The van der Waals surface area contributed by atoms with Gasteiger partial charge in [0.25, 0.3) is 0 Å². The van der Waals surface area contributed by atoms with E-state index in [4.69, 9.17) is 16.7 Å². The number of aromatic carboxylic acids is 1. The van der Waals surface area contributed by atoms with E-state index in [0.717, 1.165) is 11.5 Å². The summed E-state index contributed by atoms with van der Waals surface area (Å²) in [4.78, 5) is 15.0. The number of thioether (sulfide) groups is 1. The van der Waals surface area contributed by atoms with Gasteiger partial charge in [-0.05, 0) is 24.8 Å². The summed E-state index contributed by atoms with van der Waals surface area (Å²) in [6.07, 6.45) is 0. The molecule has 0 radical (unpaired) electrons. The number of hydrogen-bond donors (Lipinski definition) is 2. The van der Waals surface area contributed by atoms with E-state index < -0.39 is 5.97 Å². The molecule has 0 spiro atoms. The lowest BCUT2D eigenvalue weighted by Gasteiger charge is -2.15. The maximum Gasteiger partial charge on any atom is 0.339 e. The van der Waals surface area contributed by atoms with Gasteiger partial charge in [0.05, 0.1) is 0 Å². The summed E-state index contributed by atoms with van der Waals surface area (Å²) in [6, 6.07) is 3.07. The van der Waals surface area contributed by atoms with Gasteiger partial charge in [-0.1, -0.05) is 18.5 Å². The molecule has 0 aromatic carbocycles. The number of carboxylic acid groups (broad SMARTS) is 1. The summed E-state index contributed by atoms with van der Waals surface area (Å²) < 4.78 is 0. The molecular formula is C11H15ClN2O2S. The summed E-state index contributed by atoms with van der Waals surface area (Å²) in [5, 5.41) is 12.4. The first kappa shape index (κ1) is 14.1. The molecule has 0 saturated carbocycles. The fourth-order valence-electron chi connectivity index (χ4n) is 1.29. The van der Waals surface area contributed by atoms with Crippen LogP contribution in [0, 0.1) is 0 Å². The largest absolute Gasteiger partial charge is 0.478 e. The third-order valence-corrected chi connectivity index (χ3v) is 3.40. The molecule has 1 rings (SSSR count). The first-order valence-electron chi connectivity index (χ1n) is 5.28. The van der Waals surface area contributed by atoms with Crippen LogP contribution in [0.15, 0.2) is 12.1 Å². The second-order valence-electron chi connectivity index (χ2n) is 3.54. The molecule has 0 aliphatic heterocycles. The average molecular weight is 275 g/mol. The van der Waals surface area contributed by atoms with E-state index in [1.54, 1.807) is 11.8 Å². The quantitative estimate of drug-likeness (QED) is 0.781. The van der Waals surface area contributed by atoms with E-state index in [0.29, 0.717) is 5.82 Å². The van der Waals surface area contributed by atoms with Gasteiger partial charge in [-0.25, -0.2) is 9.78 Å². The Morgan fingerprint density at radius 3 is 2.94 bits per heavy atom. The van der Waals surface area contributed by atoms with E-state index in [1.807, 2.05) is 6.92 Å². The monoisotopic (exact) mass is 274 g/mol. The minimum atomic E-state index is -1.01. The number of anilines is 1. The number of carbonyl (C=O) groups is 1. The Bertz CT molecular complexity index is 401. The number of rotatable bonds is 6. The van der Waals surface area contributed by atoms with Crippen molar-refractivity contribution in [2.24, 2.45) is 0 Å². The van der Waals surface area contributed by atoms with E-state index in [-0.39, 0.29) is 16.8 Å². The topological polar surface area (TPSA) is 62.2 Å². The van der Waals surface area contributed by atoms with Crippen molar-refractivity contribution in [3.8, 4) is 0 Å². The summed E-state index contributed by atoms with van der Waals surface area (Å²) in [6.45, 7) is 4.06. The maximum atomic E-state index is 11.0. The van der Waals surface area contributed by atoms with Gasteiger partial charge in [0, 0.05) is 11.8 Å². The molecule has 0 aliphatic carbocycles. The van der Waals surface area contributed by atoms with Crippen molar-refractivity contribution in [1.29, 1.82) is 0 Å². The molecular weight excluding hydrogens is 260 g/mol. The number of aromatic nitrogens is 1. The van der Waals surface area contributed by atoms with Gasteiger partial charge in [-0.3, -0.25) is 0 Å². The smallest absolute Gasteiger partial charge is 0.339 e. The molecule has 1 unspecified atom stereocenters. The van der Waals surface area contributed by atoms with Gasteiger partial charge in [0.2, 0.25) is 0 Å². The first-order chi connectivity index (χ1) is 8.04. The fourth-order valence-corrected chi connectivity index (χ4v) is 2.11. The lowest BCUT2D eigenvalue weighted by Crippen LogP contribution is -2.21. The Kier molecular flexibility index (Phi) is 5.58. The molecule has 0 bridgehead atoms. The van der Waals surface area contributed by atoms with Gasteiger partial charge in [0.15, 0.2) is 0 Å². The number of nitrogens with one attached hydrogen (secondary N) is 1. The molecule has 2 N–H and O–H groups in total. The van der Waals surface area contributed by atoms with Crippen molar-refractivity contribution >= 4 is 35.1 Å². The number of pyridine rings is 1. The number of halogens is 1. The molecule has 0 saturated heterocycles. The van der Waals surface area contributed by atoms with Crippen LogP contribution >= 0.6 is 23.4 Å². The standard InChI is InChI=1S/C11H15ClN2O2S/c1-3-17-6-7(2)13-10-8(11(15)16)4-5-9(12)14-10/h4-5,7H,3,6H2,1-2H3,(H,13,14)(H,15,16). The minimum Gasteiger partial charge on any atom is -0.478 e. The van der Waals surface area contributed by atoms with E-state index >= 15 is 0 Å². The Hall–Kier alpha value is -0.940. The van der Waals surface area contributed by atoms with Gasteiger partial charge in [0.1, 0.15) is 16.5 Å². The SMILES string of the molecule is CCSCC(C)Nc1nc(Cl)ccc1C(=O)O. The van der Waals surface area contributed by atoms with Crippen LogP contribution in [-0.2, 0) is 0 Å². The molecule has 94 valence electrons. The zero-order valence-electron chi connectivity index (χ0n) is 9.74. The van der Waals surface area contributed by atoms with Crippen LogP contribution in [0.25, 0.3) is 0 Å². The van der Waals surface area contributed by atoms with Crippen LogP contribution < -0.4 is 5.32 Å². The van der Waals surface area contributed by atoms with Gasteiger partial charge in [-0.15, -0.1) is 0 Å². The Morgan fingerprint density at radius 2 is 2.35 bits per heavy atom. The highest BCUT2D eigenvalue weighted by atomic mass is 35.5. The average Bonchev–Trinajstić information content (AvgIpc) is 2.26. The molecule has 1 aromatic heterocycles. The van der Waals surface area contributed by atoms with Crippen molar-refractivity contribution in [2.75, 3.05) is 16.8 Å². The van der Waals surface area contributed by atoms with Crippen molar-refractivity contribution in [2.45, 2.75) is 19.9 Å². The third-order valence-electron chi connectivity index (χ3n) is 2.05. The second kappa shape index (κ2) is 6.71. The van der Waals surface area contributed by atoms with Crippen molar-refractivity contribution in [1.82, 2.24) is 4.98 Å². The lowest BCUT2D eigenvalue weighted by atomic mass is 10.2. The number of nitrogens with zero attached hydrogens (tertiary/aromatic N) is 1. The molecule has 0 amide bonds. The van der Waals surface area contributed by atoms with Gasteiger partial charge in [-0.2, -0.15) is 11.8 Å². The summed E-state index contributed by atoms with van der Waals surface area (Å²) in [5.41, 5.74) is 0.141. The van der Waals surface area contributed by atoms with Crippen molar-refractivity contribution in [3.05, 3.63) is 22.8 Å².